The third-order valence-corrected chi connectivity index (χ3v) is 3.80. The molecule has 4 nitrogen and oxygen atoms in total. The second-order valence-corrected chi connectivity index (χ2v) is 7.27. The fourth-order valence-corrected chi connectivity index (χ4v) is 3.11. The maximum Gasteiger partial charge on any atom is 0.236 e. The maximum atomic E-state index is 11.0. The van der Waals surface area contributed by atoms with Crippen LogP contribution in [0.5, 0.6) is 11.5 Å². The zero-order chi connectivity index (χ0) is 12.5. The molecule has 0 bridgehead atoms. The molecule has 2 rings (SSSR count). The lowest BCUT2D eigenvalue weighted by molar-refractivity contribution is 0.296. The van der Waals surface area contributed by atoms with E-state index in [1.54, 1.807) is 12.1 Å². The second-order valence-electron chi connectivity index (χ2n) is 3.64. The molecule has 0 atom stereocenters. The van der Waals surface area contributed by atoms with Gasteiger partial charge in [0.15, 0.2) is 11.5 Å². The molecule has 0 amide bonds. The molecule has 0 aromatic heterocycles. The van der Waals surface area contributed by atoms with E-state index >= 15 is 0 Å². The molecule has 7 heteroatoms. The van der Waals surface area contributed by atoms with Gasteiger partial charge in [0.2, 0.25) is 9.05 Å². The molecule has 1 aromatic carbocycles. The van der Waals surface area contributed by atoms with Crippen LogP contribution in [-0.4, -0.2) is 21.6 Å². The van der Waals surface area contributed by atoms with E-state index in [0.29, 0.717) is 34.7 Å². The minimum Gasteiger partial charge on any atom is -0.490 e. The van der Waals surface area contributed by atoms with Crippen molar-refractivity contribution in [1.82, 2.24) is 0 Å². The predicted molar refractivity (Wildman–Crippen MR) is 68.2 cm³/mol. The van der Waals surface area contributed by atoms with E-state index in [4.69, 9.17) is 20.2 Å². The monoisotopic (exact) mass is 340 g/mol. The van der Waals surface area contributed by atoms with E-state index in [1.807, 2.05) is 0 Å². The second kappa shape index (κ2) is 5.04. The molecule has 0 fully saturated rings. The highest BCUT2D eigenvalue weighted by Crippen LogP contribution is 2.38. The summed E-state index contributed by atoms with van der Waals surface area (Å²) >= 11 is 3.33. The van der Waals surface area contributed by atoms with Gasteiger partial charge in [0.25, 0.3) is 0 Å². The highest BCUT2D eigenvalue weighted by molar-refractivity contribution is 9.10. The van der Waals surface area contributed by atoms with Crippen LogP contribution in [0.25, 0.3) is 0 Å². The van der Waals surface area contributed by atoms with E-state index in [-0.39, 0.29) is 5.75 Å². The van der Waals surface area contributed by atoms with Crippen molar-refractivity contribution in [3.05, 3.63) is 22.2 Å². The van der Waals surface area contributed by atoms with Gasteiger partial charge in [-0.05, 0) is 33.6 Å². The zero-order valence-electron chi connectivity index (χ0n) is 8.78. The fourth-order valence-electron chi connectivity index (χ4n) is 1.57. The van der Waals surface area contributed by atoms with Crippen LogP contribution in [0.4, 0.5) is 0 Å². The van der Waals surface area contributed by atoms with Gasteiger partial charge in [-0.1, -0.05) is 0 Å². The molecule has 0 aliphatic carbocycles. The average molecular weight is 342 g/mol. The van der Waals surface area contributed by atoms with Crippen molar-refractivity contribution < 1.29 is 17.9 Å². The van der Waals surface area contributed by atoms with Crippen molar-refractivity contribution in [3.8, 4) is 11.5 Å². The Morgan fingerprint density at radius 3 is 2.71 bits per heavy atom. The van der Waals surface area contributed by atoms with Crippen molar-refractivity contribution in [2.45, 2.75) is 12.2 Å². The third kappa shape index (κ3) is 3.50. The van der Waals surface area contributed by atoms with Gasteiger partial charge >= 0.3 is 0 Å². The summed E-state index contributed by atoms with van der Waals surface area (Å²) in [5.41, 5.74) is 0.566. The molecule has 1 aliphatic heterocycles. The standard InChI is InChI=1S/C10H10BrClO4S/c11-8-4-7(6-17(12,13)14)5-9-10(8)16-3-1-2-15-9/h4-5H,1-3,6H2. The highest BCUT2D eigenvalue weighted by Gasteiger charge is 2.17. The van der Waals surface area contributed by atoms with Gasteiger partial charge in [-0.3, -0.25) is 0 Å². The van der Waals surface area contributed by atoms with Crippen LogP contribution in [0.3, 0.4) is 0 Å². The predicted octanol–water partition coefficient (Wildman–Crippen LogP) is 2.68. The van der Waals surface area contributed by atoms with Crippen molar-refractivity contribution >= 4 is 35.7 Å². The lowest BCUT2D eigenvalue weighted by atomic mass is 10.2. The summed E-state index contributed by atoms with van der Waals surface area (Å²) in [6.45, 7) is 1.13. The van der Waals surface area contributed by atoms with Crippen LogP contribution < -0.4 is 9.47 Å². The Hall–Kier alpha value is -0.460. The van der Waals surface area contributed by atoms with Crippen LogP contribution in [0, 0.1) is 0 Å². The summed E-state index contributed by atoms with van der Waals surface area (Å²) in [5.74, 6) is 0.925. The topological polar surface area (TPSA) is 52.6 Å². The Balaban J connectivity index is 2.39. The Morgan fingerprint density at radius 2 is 2.00 bits per heavy atom. The van der Waals surface area contributed by atoms with Crippen LogP contribution in [0.15, 0.2) is 16.6 Å². The molecule has 94 valence electrons. The number of ether oxygens (including phenoxy) is 2. The molecule has 0 N–H and O–H groups in total. The summed E-state index contributed by atoms with van der Waals surface area (Å²) in [7, 11) is 1.65. The molecule has 0 spiro atoms. The first kappa shape index (κ1) is 13.0. The maximum absolute atomic E-state index is 11.0. The summed E-state index contributed by atoms with van der Waals surface area (Å²) < 4.78 is 33.7. The molecule has 1 aromatic rings. The van der Waals surface area contributed by atoms with Crippen LogP contribution in [0.2, 0.25) is 0 Å². The fraction of sp³-hybridized carbons (Fsp3) is 0.400. The van der Waals surface area contributed by atoms with E-state index in [1.165, 1.54) is 0 Å². The molecule has 0 saturated heterocycles. The van der Waals surface area contributed by atoms with E-state index in [9.17, 15) is 8.42 Å². The van der Waals surface area contributed by atoms with Gasteiger partial charge in [-0.25, -0.2) is 8.42 Å². The van der Waals surface area contributed by atoms with Gasteiger partial charge in [0, 0.05) is 17.1 Å². The molecule has 0 radical (unpaired) electrons. The van der Waals surface area contributed by atoms with E-state index in [2.05, 4.69) is 15.9 Å². The van der Waals surface area contributed by atoms with Gasteiger partial charge < -0.3 is 9.47 Å². The Bertz CT molecular complexity index is 529. The number of rotatable bonds is 2. The highest BCUT2D eigenvalue weighted by atomic mass is 79.9. The summed E-state index contributed by atoms with van der Waals surface area (Å²) in [6.07, 6.45) is 0.796. The Kier molecular flexibility index (Phi) is 3.85. The normalized spacial score (nSPS) is 15.4. The average Bonchev–Trinajstić information content (AvgIpc) is 2.40. The molecule has 0 unspecified atom stereocenters. The number of halogens is 2. The summed E-state index contributed by atoms with van der Waals surface area (Å²) in [6, 6.07) is 3.32. The summed E-state index contributed by atoms with van der Waals surface area (Å²) in [4.78, 5) is 0. The van der Waals surface area contributed by atoms with Gasteiger partial charge in [0.1, 0.15) is 0 Å². The lowest BCUT2D eigenvalue weighted by Crippen LogP contribution is -1.98. The lowest BCUT2D eigenvalue weighted by Gasteiger charge is -2.11. The smallest absolute Gasteiger partial charge is 0.236 e. The van der Waals surface area contributed by atoms with Crippen molar-refractivity contribution in [3.63, 3.8) is 0 Å². The Morgan fingerprint density at radius 1 is 1.29 bits per heavy atom. The number of hydrogen-bond donors (Lipinski definition) is 0. The number of benzene rings is 1. The van der Waals surface area contributed by atoms with Crippen LogP contribution in [-0.2, 0) is 14.8 Å². The van der Waals surface area contributed by atoms with E-state index in [0.717, 1.165) is 6.42 Å². The zero-order valence-corrected chi connectivity index (χ0v) is 11.9. The van der Waals surface area contributed by atoms with Crippen molar-refractivity contribution in [2.24, 2.45) is 0 Å². The first-order chi connectivity index (χ1) is 7.96. The SMILES string of the molecule is O=S(=O)(Cl)Cc1cc(Br)c2c(c1)OCCCO2. The quantitative estimate of drug-likeness (QED) is 0.776. The van der Waals surface area contributed by atoms with Crippen molar-refractivity contribution in [2.75, 3.05) is 13.2 Å². The van der Waals surface area contributed by atoms with Gasteiger partial charge in [-0.2, -0.15) is 0 Å². The number of hydrogen-bond acceptors (Lipinski definition) is 4. The first-order valence-electron chi connectivity index (χ1n) is 4.96. The minimum atomic E-state index is -3.57. The third-order valence-electron chi connectivity index (χ3n) is 2.20. The minimum absolute atomic E-state index is 0.232. The van der Waals surface area contributed by atoms with E-state index < -0.39 is 9.05 Å². The van der Waals surface area contributed by atoms with Crippen LogP contribution in [0.1, 0.15) is 12.0 Å². The Labute approximate surface area is 112 Å². The molecular weight excluding hydrogens is 332 g/mol. The first-order valence-corrected chi connectivity index (χ1v) is 8.23. The summed E-state index contributed by atoms with van der Waals surface area (Å²) in [5, 5.41) is 0. The molecular formula is C10H10BrClO4S. The van der Waals surface area contributed by atoms with Gasteiger partial charge in [-0.15, -0.1) is 0 Å². The van der Waals surface area contributed by atoms with Gasteiger partial charge in [0.05, 0.1) is 23.4 Å². The molecule has 1 aliphatic rings. The molecule has 17 heavy (non-hydrogen) atoms. The van der Waals surface area contributed by atoms with Crippen LogP contribution >= 0.6 is 26.6 Å². The largest absolute Gasteiger partial charge is 0.490 e. The molecule has 1 heterocycles. The van der Waals surface area contributed by atoms with Crippen molar-refractivity contribution in [1.29, 1.82) is 0 Å². The molecule has 0 saturated carbocycles. The number of fused-ring (bicyclic) bond motifs is 1.